The molecule has 5 heteroatoms. The summed E-state index contributed by atoms with van der Waals surface area (Å²) in [6.45, 7) is 9.62. The van der Waals surface area contributed by atoms with Crippen molar-refractivity contribution < 1.29 is 9.47 Å². The molecule has 128 valence electrons. The first kappa shape index (κ1) is 19.2. The maximum absolute atomic E-state index is 5.66. The van der Waals surface area contributed by atoms with E-state index in [1.807, 2.05) is 26.0 Å². The van der Waals surface area contributed by atoms with Crippen molar-refractivity contribution in [3.8, 4) is 17.1 Å². The number of pyridine rings is 1. The topological polar surface area (TPSA) is 60.0 Å². The standard InChI is InChI=1S/C14H19N3O2.C4H10/c1-10-14(17-11(2)16-10)13-9-12(5-6-15-13)19-8-4-7-18-3;1-3-4-2/h5-6,9H,4,7-8H2,1-3H3,(H,16,17);3-4H2,1-2H3. The van der Waals surface area contributed by atoms with E-state index in [2.05, 4.69) is 28.8 Å². The molecule has 2 rings (SSSR count). The van der Waals surface area contributed by atoms with Crippen LogP contribution < -0.4 is 4.74 Å². The molecule has 0 aliphatic heterocycles. The highest BCUT2D eigenvalue weighted by Crippen LogP contribution is 2.22. The van der Waals surface area contributed by atoms with Gasteiger partial charge in [-0.15, -0.1) is 0 Å². The lowest BCUT2D eigenvalue weighted by atomic mass is 10.2. The average molecular weight is 319 g/mol. The third kappa shape index (κ3) is 6.82. The Kier molecular flexibility index (Phi) is 8.98. The van der Waals surface area contributed by atoms with Crippen LogP contribution in [-0.4, -0.2) is 35.3 Å². The molecular formula is C18H29N3O2. The number of H-pyrrole nitrogens is 1. The highest BCUT2D eigenvalue weighted by atomic mass is 16.5. The highest BCUT2D eigenvalue weighted by Gasteiger charge is 2.09. The summed E-state index contributed by atoms with van der Waals surface area (Å²) >= 11 is 0. The van der Waals surface area contributed by atoms with Gasteiger partial charge >= 0.3 is 0 Å². The average Bonchev–Trinajstić information content (AvgIpc) is 2.91. The van der Waals surface area contributed by atoms with Gasteiger partial charge in [0.1, 0.15) is 17.3 Å². The lowest BCUT2D eigenvalue weighted by Gasteiger charge is -2.06. The fourth-order valence-electron chi connectivity index (χ4n) is 1.88. The van der Waals surface area contributed by atoms with E-state index < -0.39 is 0 Å². The van der Waals surface area contributed by atoms with Crippen LogP contribution in [0.3, 0.4) is 0 Å². The summed E-state index contributed by atoms with van der Waals surface area (Å²) in [6.07, 6.45) is 5.25. The Morgan fingerprint density at radius 1 is 1.13 bits per heavy atom. The van der Waals surface area contributed by atoms with Crippen molar-refractivity contribution in [2.75, 3.05) is 20.3 Å². The lowest BCUT2D eigenvalue weighted by Crippen LogP contribution is -2.01. The number of hydrogen-bond acceptors (Lipinski definition) is 4. The molecule has 1 N–H and O–H groups in total. The molecule has 0 aliphatic carbocycles. The Bertz CT molecular complexity index is 565. The van der Waals surface area contributed by atoms with E-state index in [1.54, 1.807) is 13.3 Å². The van der Waals surface area contributed by atoms with Crippen LogP contribution in [0.1, 0.15) is 44.6 Å². The van der Waals surface area contributed by atoms with E-state index in [9.17, 15) is 0 Å². The summed E-state index contributed by atoms with van der Waals surface area (Å²) in [6, 6.07) is 3.76. The lowest BCUT2D eigenvalue weighted by molar-refractivity contribution is 0.172. The van der Waals surface area contributed by atoms with Gasteiger partial charge in [0, 0.05) is 38.1 Å². The molecule has 2 aromatic rings. The van der Waals surface area contributed by atoms with Gasteiger partial charge in [-0.25, -0.2) is 4.98 Å². The Balaban J connectivity index is 0.000000593. The minimum Gasteiger partial charge on any atom is -0.493 e. The number of hydrogen-bond donors (Lipinski definition) is 1. The number of ether oxygens (including phenoxy) is 2. The normalized spacial score (nSPS) is 10.1. The molecule has 2 heterocycles. The fraction of sp³-hybridized carbons (Fsp3) is 0.556. The Morgan fingerprint density at radius 3 is 2.43 bits per heavy atom. The molecule has 0 unspecified atom stereocenters. The van der Waals surface area contributed by atoms with Gasteiger partial charge in [-0.3, -0.25) is 4.98 Å². The van der Waals surface area contributed by atoms with Gasteiger partial charge in [-0.05, 0) is 19.9 Å². The van der Waals surface area contributed by atoms with Crippen molar-refractivity contribution in [3.05, 3.63) is 29.8 Å². The van der Waals surface area contributed by atoms with Gasteiger partial charge < -0.3 is 14.5 Å². The van der Waals surface area contributed by atoms with E-state index in [-0.39, 0.29) is 0 Å². The van der Waals surface area contributed by atoms with Crippen LogP contribution in [0.5, 0.6) is 5.75 Å². The van der Waals surface area contributed by atoms with Gasteiger partial charge in [0.05, 0.1) is 12.3 Å². The molecule has 0 radical (unpaired) electrons. The minimum absolute atomic E-state index is 0.635. The number of methoxy groups -OCH3 is 1. The number of unbranched alkanes of at least 4 members (excludes halogenated alkanes) is 1. The summed E-state index contributed by atoms with van der Waals surface area (Å²) < 4.78 is 10.6. The van der Waals surface area contributed by atoms with Gasteiger partial charge in [-0.1, -0.05) is 26.7 Å². The van der Waals surface area contributed by atoms with E-state index >= 15 is 0 Å². The summed E-state index contributed by atoms with van der Waals surface area (Å²) in [5, 5.41) is 0. The van der Waals surface area contributed by atoms with Crippen molar-refractivity contribution in [3.63, 3.8) is 0 Å². The zero-order chi connectivity index (χ0) is 17.1. The predicted octanol–water partition coefficient (Wildman–Crippen LogP) is 4.31. The Hall–Kier alpha value is -1.88. The van der Waals surface area contributed by atoms with Gasteiger partial charge in [0.2, 0.25) is 0 Å². The molecule has 2 aromatic heterocycles. The van der Waals surface area contributed by atoms with Crippen molar-refractivity contribution >= 4 is 0 Å². The molecule has 0 bridgehead atoms. The van der Waals surface area contributed by atoms with Gasteiger partial charge in [0.15, 0.2) is 0 Å². The summed E-state index contributed by atoms with van der Waals surface area (Å²) in [5.74, 6) is 1.70. The third-order valence-electron chi connectivity index (χ3n) is 3.24. The SMILES string of the molecule is CCCC.COCCCOc1ccnc(-c2nc(C)[nH]c2C)c1. The molecule has 0 saturated carbocycles. The second-order valence-corrected chi connectivity index (χ2v) is 5.37. The fourth-order valence-corrected chi connectivity index (χ4v) is 1.88. The van der Waals surface area contributed by atoms with Crippen molar-refractivity contribution in [2.24, 2.45) is 0 Å². The molecule has 0 fully saturated rings. The van der Waals surface area contributed by atoms with Crippen LogP contribution in [-0.2, 0) is 4.74 Å². The Morgan fingerprint density at radius 2 is 1.87 bits per heavy atom. The molecule has 5 nitrogen and oxygen atoms in total. The van der Waals surface area contributed by atoms with Gasteiger partial charge in [-0.2, -0.15) is 0 Å². The van der Waals surface area contributed by atoms with Crippen LogP contribution >= 0.6 is 0 Å². The minimum atomic E-state index is 0.635. The zero-order valence-corrected chi connectivity index (χ0v) is 15.0. The largest absolute Gasteiger partial charge is 0.493 e. The van der Waals surface area contributed by atoms with Crippen molar-refractivity contribution in [2.45, 2.75) is 47.0 Å². The number of nitrogens with zero attached hydrogens (tertiary/aromatic N) is 2. The molecular weight excluding hydrogens is 290 g/mol. The first-order valence-corrected chi connectivity index (χ1v) is 8.23. The zero-order valence-electron chi connectivity index (χ0n) is 15.0. The van der Waals surface area contributed by atoms with Crippen LogP contribution in [0.25, 0.3) is 11.4 Å². The molecule has 0 aliphatic rings. The summed E-state index contributed by atoms with van der Waals surface area (Å²) in [4.78, 5) is 12.0. The van der Waals surface area contributed by atoms with Crippen molar-refractivity contribution in [1.82, 2.24) is 15.0 Å². The molecule has 0 spiro atoms. The van der Waals surface area contributed by atoms with Crippen molar-refractivity contribution in [1.29, 1.82) is 0 Å². The number of nitrogens with one attached hydrogen (secondary N) is 1. The molecule has 23 heavy (non-hydrogen) atoms. The first-order valence-electron chi connectivity index (χ1n) is 8.23. The van der Waals surface area contributed by atoms with E-state index in [0.717, 1.165) is 35.1 Å². The number of imidazole rings is 1. The van der Waals surface area contributed by atoms with E-state index in [4.69, 9.17) is 9.47 Å². The van der Waals surface area contributed by atoms with E-state index in [1.165, 1.54) is 12.8 Å². The number of aromatic nitrogens is 3. The first-order chi connectivity index (χ1) is 11.1. The predicted molar refractivity (Wildman–Crippen MR) is 93.9 cm³/mol. The third-order valence-corrected chi connectivity index (χ3v) is 3.24. The van der Waals surface area contributed by atoms with Crippen LogP contribution in [0.4, 0.5) is 0 Å². The van der Waals surface area contributed by atoms with Crippen LogP contribution in [0.2, 0.25) is 0 Å². The Labute approximate surface area is 139 Å². The smallest absolute Gasteiger partial charge is 0.123 e. The molecule has 0 atom stereocenters. The second-order valence-electron chi connectivity index (χ2n) is 5.37. The summed E-state index contributed by atoms with van der Waals surface area (Å²) in [5.41, 5.74) is 2.72. The van der Waals surface area contributed by atoms with Crippen LogP contribution in [0, 0.1) is 13.8 Å². The maximum atomic E-state index is 5.66. The molecule has 0 aromatic carbocycles. The quantitative estimate of drug-likeness (QED) is 0.773. The molecule has 0 amide bonds. The molecule has 0 saturated heterocycles. The maximum Gasteiger partial charge on any atom is 0.123 e. The highest BCUT2D eigenvalue weighted by molar-refractivity contribution is 5.58. The van der Waals surface area contributed by atoms with Gasteiger partial charge in [0.25, 0.3) is 0 Å². The summed E-state index contributed by atoms with van der Waals surface area (Å²) in [7, 11) is 1.69. The number of aromatic amines is 1. The number of aryl methyl sites for hydroxylation is 2. The second kappa shape index (κ2) is 10.8. The monoisotopic (exact) mass is 319 g/mol. The van der Waals surface area contributed by atoms with Crippen LogP contribution in [0.15, 0.2) is 18.3 Å². The number of rotatable bonds is 7. The van der Waals surface area contributed by atoms with E-state index in [0.29, 0.717) is 13.2 Å².